The second kappa shape index (κ2) is 5.59. The van der Waals surface area contributed by atoms with Gasteiger partial charge >= 0.3 is 0 Å². The summed E-state index contributed by atoms with van der Waals surface area (Å²) in [5.74, 6) is 0.844. The molecule has 1 aliphatic carbocycles. The van der Waals surface area contributed by atoms with Crippen LogP contribution in [0.4, 0.5) is 0 Å². The first-order valence-electron chi connectivity index (χ1n) is 7.09. The average Bonchev–Trinajstić information content (AvgIpc) is 3.00. The number of thiazole rings is 1. The van der Waals surface area contributed by atoms with E-state index in [2.05, 4.69) is 4.98 Å². The van der Waals surface area contributed by atoms with E-state index in [0.29, 0.717) is 18.4 Å². The Balaban J connectivity index is 1.58. The van der Waals surface area contributed by atoms with Crippen LogP contribution in [0.3, 0.4) is 0 Å². The highest BCUT2D eigenvalue weighted by molar-refractivity contribution is 7.09. The van der Waals surface area contributed by atoms with E-state index >= 15 is 0 Å². The summed E-state index contributed by atoms with van der Waals surface area (Å²) in [6.07, 6.45) is 5.18. The molecule has 4 nitrogen and oxygen atoms in total. The van der Waals surface area contributed by atoms with Crippen LogP contribution in [0, 0.1) is 5.92 Å². The first-order chi connectivity index (χ1) is 9.29. The van der Waals surface area contributed by atoms with Crippen LogP contribution in [0.1, 0.15) is 37.1 Å². The summed E-state index contributed by atoms with van der Waals surface area (Å²) >= 11 is 1.70. The number of ether oxygens (including phenoxy) is 1. The largest absolute Gasteiger partial charge is 0.378 e. The van der Waals surface area contributed by atoms with Gasteiger partial charge in [-0.1, -0.05) is 0 Å². The molecule has 3 atom stereocenters. The van der Waals surface area contributed by atoms with Gasteiger partial charge in [0.2, 0.25) is 5.91 Å². The molecule has 2 heterocycles. The van der Waals surface area contributed by atoms with Crippen LogP contribution in [0.25, 0.3) is 0 Å². The summed E-state index contributed by atoms with van der Waals surface area (Å²) in [5.41, 5.74) is 0. The van der Waals surface area contributed by atoms with Gasteiger partial charge in [0, 0.05) is 37.2 Å². The number of piperidine rings is 1. The zero-order chi connectivity index (χ0) is 13.2. The fourth-order valence-electron chi connectivity index (χ4n) is 2.88. The minimum Gasteiger partial charge on any atom is -0.378 e. The number of aromatic nitrogens is 1. The number of rotatable bonds is 4. The van der Waals surface area contributed by atoms with Gasteiger partial charge in [0.15, 0.2) is 0 Å². The molecule has 0 bridgehead atoms. The zero-order valence-corrected chi connectivity index (χ0v) is 12.1. The molecular weight excluding hydrogens is 260 g/mol. The van der Waals surface area contributed by atoms with Gasteiger partial charge in [-0.3, -0.25) is 4.79 Å². The van der Waals surface area contributed by atoms with E-state index in [1.54, 1.807) is 11.3 Å². The molecule has 3 rings (SSSR count). The van der Waals surface area contributed by atoms with Crippen molar-refractivity contribution in [3.8, 4) is 0 Å². The summed E-state index contributed by atoms with van der Waals surface area (Å²) < 4.78 is 5.52. The molecule has 1 saturated carbocycles. The van der Waals surface area contributed by atoms with E-state index in [1.165, 1.54) is 5.01 Å². The Labute approximate surface area is 117 Å². The summed E-state index contributed by atoms with van der Waals surface area (Å²) in [5, 5.41) is 3.19. The number of hydrogen-bond donors (Lipinski definition) is 0. The molecule has 2 aliphatic rings. The summed E-state index contributed by atoms with van der Waals surface area (Å²) in [6, 6.07) is 0. The third-order valence-corrected chi connectivity index (χ3v) is 4.90. The maximum Gasteiger partial charge on any atom is 0.228 e. The van der Waals surface area contributed by atoms with Crippen molar-refractivity contribution in [1.82, 2.24) is 9.88 Å². The van der Waals surface area contributed by atoms with E-state index in [0.717, 1.165) is 32.4 Å². The fraction of sp³-hybridized carbons (Fsp3) is 0.714. The van der Waals surface area contributed by atoms with E-state index in [9.17, 15) is 4.79 Å². The molecule has 1 aromatic rings. The van der Waals surface area contributed by atoms with Gasteiger partial charge in [0.25, 0.3) is 0 Å². The lowest BCUT2D eigenvalue weighted by Gasteiger charge is -2.32. The minimum absolute atomic E-state index is 0.120. The lowest BCUT2D eigenvalue weighted by Crippen LogP contribution is -2.40. The second-order valence-electron chi connectivity index (χ2n) is 5.33. The van der Waals surface area contributed by atoms with Crippen molar-refractivity contribution in [1.29, 1.82) is 0 Å². The fourth-order valence-corrected chi connectivity index (χ4v) is 3.65. The topological polar surface area (TPSA) is 42.4 Å². The number of amides is 1. The monoisotopic (exact) mass is 280 g/mol. The molecular formula is C14H20N2O2S. The van der Waals surface area contributed by atoms with Crippen molar-refractivity contribution in [2.24, 2.45) is 5.92 Å². The average molecular weight is 280 g/mol. The van der Waals surface area contributed by atoms with Crippen molar-refractivity contribution in [3.63, 3.8) is 0 Å². The highest BCUT2D eigenvalue weighted by Gasteiger charge is 2.46. The standard InChI is InChI=1S/C14H20N2O2S/c1-2-18-12-8-11(12)14(17)16-6-3-4-10(9-16)13-15-5-7-19-13/h5,7,10-12H,2-4,6,8-9H2,1H3/t10-,11+,12-/m1/s1. The van der Waals surface area contributed by atoms with Crippen LogP contribution in [0.15, 0.2) is 11.6 Å². The molecule has 0 radical (unpaired) electrons. The molecule has 104 valence electrons. The molecule has 1 aliphatic heterocycles. The smallest absolute Gasteiger partial charge is 0.228 e. The van der Waals surface area contributed by atoms with Gasteiger partial charge < -0.3 is 9.64 Å². The Morgan fingerprint density at radius 2 is 2.53 bits per heavy atom. The van der Waals surface area contributed by atoms with Crippen LogP contribution >= 0.6 is 11.3 Å². The molecule has 0 spiro atoms. The summed E-state index contributed by atoms with van der Waals surface area (Å²) in [6.45, 7) is 4.42. The normalized spacial score (nSPS) is 30.4. The van der Waals surface area contributed by atoms with Gasteiger partial charge in [-0.05, 0) is 26.2 Å². The van der Waals surface area contributed by atoms with Crippen molar-refractivity contribution in [3.05, 3.63) is 16.6 Å². The second-order valence-corrected chi connectivity index (χ2v) is 6.26. The van der Waals surface area contributed by atoms with Crippen LogP contribution in [0.5, 0.6) is 0 Å². The first kappa shape index (κ1) is 13.1. The van der Waals surface area contributed by atoms with Crippen molar-refractivity contribution < 1.29 is 9.53 Å². The number of nitrogens with zero attached hydrogens (tertiary/aromatic N) is 2. The highest BCUT2D eigenvalue weighted by atomic mass is 32.1. The maximum atomic E-state index is 12.4. The van der Waals surface area contributed by atoms with Crippen molar-refractivity contribution >= 4 is 17.2 Å². The Kier molecular flexibility index (Phi) is 3.84. The van der Waals surface area contributed by atoms with Crippen LogP contribution in [0.2, 0.25) is 0 Å². The van der Waals surface area contributed by atoms with E-state index < -0.39 is 0 Å². The third kappa shape index (κ3) is 2.82. The van der Waals surface area contributed by atoms with Crippen molar-refractivity contribution in [2.75, 3.05) is 19.7 Å². The predicted octanol–water partition coefficient (Wildman–Crippen LogP) is 2.27. The van der Waals surface area contributed by atoms with Gasteiger partial charge in [0.05, 0.1) is 17.0 Å². The summed E-state index contributed by atoms with van der Waals surface area (Å²) in [7, 11) is 0. The highest BCUT2D eigenvalue weighted by Crippen LogP contribution is 2.37. The Hall–Kier alpha value is -0.940. The van der Waals surface area contributed by atoms with E-state index in [-0.39, 0.29) is 12.0 Å². The molecule has 2 fully saturated rings. The molecule has 1 aromatic heterocycles. The van der Waals surface area contributed by atoms with Crippen LogP contribution < -0.4 is 0 Å². The Morgan fingerprint density at radius 3 is 3.26 bits per heavy atom. The Morgan fingerprint density at radius 1 is 1.63 bits per heavy atom. The number of hydrogen-bond acceptors (Lipinski definition) is 4. The van der Waals surface area contributed by atoms with Crippen molar-refractivity contribution in [2.45, 2.75) is 38.2 Å². The van der Waals surface area contributed by atoms with Gasteiger partial charge in [0.1, 0.15) is 0 Å². The number of carbonyl (C=O) groups excluding carboxylic acids is 1. The predicted molar refractivity (Wildman–Crippen MR) is 74.2 cm³/mol. The van der Waals surface area contributed by atoms with Gasteiger partial charge in [-0.2, -0.15) is 0 Å². The molecule has 0 N–H and O–H groups in total. The molecule has 5 heteroatoms. The molecule has 1 saturated heterocycles. The van der Waals surface area contributed by atoms with E-state index in [4.69, 9.17) is 4.74 Å². The zero-order valence-electron chi connectivity index (χ0n) is 11.2. The number of likely N-dealkylation sites (tertiary alicyclic amines) is 1. The van der Waals surface area contributed by atoms with Gasteiger partial charge in [-0.15, -0.1) is 11.3 Å². The molecule has 19 heavy (non-hydrogen) atoms. The van der Waals surface area contributed by atoms with Gasteiger partial charge in [-0.25, -0.2) is 4.98 Å². The minimum atomic E-state index is 0.120. The lowest BCUT2D eigenvalue weighted by molar-refractivity contribution is -0.134. The van der Waals surface area contributed by atoms with Crippen LogP contribution in [-0.4, -0.2) is 41.6 Å². The molecule has 0 aromatic carbocycles. The van der Waals surface area contributed by atoms with E-state index in [1.807, 2.05) is 23.4 Å². The lowest BCUT2D eigenvalue weighted by atomic mass is 9.98. The quantitative estimate of drug-likeness (QED) is 0.849. The molecule has 1 amide bonds. The maximum absolute atomic E-state index is 12.4. The first-order valence-corrected chi connectivity index (χ1v) is 7.97. The number of carbonyl (C=O) groups is 1. The summed E-state index contributed by atoms with van der Waals surface area (Å²) in [4.78, 5) is 18.8. The Bertz CT molecular complexity index is 435. The SMILES string of the molecule is CCO[C@@H]1C[C@@H]1C(=O)N1CCC[C@@H](c2nccs2)C1. The molecule has 0 unspecified atom stereocenters. The third-order valence-electron chi connectivity index (χ3n) is 3.96. The van der Waals surface area contributed by atoms with Crippen LogP contribution in [-0.2, 0) is 9.53 Å².